The van der Waals surface area contributed by atoms with E-state index >= 15 is 0 Å². The van der Waals surface area contributed by atoms with E-state index in [2.05, 4.69) is 87.6 Å². The van der Waals surface area contributed by atoms with Crippen molar-refractivity contribution in [3.05, 3.63) is 87.9 Å². The molecule has 0 aliphatic rings. The number of ether oxygens (including phenoxy) is 1. The molecule has 0 radical (unpaired) electrons. The summed E-state index contributed by atoms with van der Waals surface area (Å²) in [5.41, 5.74) is 6.51. The molecule has 0 fully saturated rings. The molecule has 0 heterocycles. The lowest BCUT2D eigenvalue weighted by molar-refractivity contribution is 0.409. The highest BCUT2D eigenvalue weighted by Gasteiger charge is 2.12. The summed E-state index contributed by atoms with van der Waals surface area (Å²) >= 11 is 3.59. The zero-order valence-electron chi connectivity index (χ0n) is 17.5. The normalized spacial score (nSPS) is 10.7. The minimum absolute atomic E-state index is 0.798. The molecular formula is C26H29BrN2O. The number of rotatable bonds is 11. The summed E-state index contributed by atoms with van der Waals surface area (Å²) in [6.07, 6.45) is 2.87. The second-order valence-corrected chi connectivity index (χ2v) is 8.16. The van der Waals surface area contributed by atoms with Crippen LogP contribution >= 0.6 is 15.9 Å². The highest BCUT2D eigenvalue weighted by atomic mass is 79.9. The van der Waals surface area contributed by atoms with Crippen LogP contribution in [0.15, 0.2) is 76.2 Å². The second-order valence-electron chi connectivity index (χ2n) is 7.24. The van der Waals surface area contributed by atoms with Gasteiger partial charge in [0.05, 0.1) is 7.11 Å². The lowest BCUT2D eigenvalue weighted by Gasteiger charge is -2.17. The van der Waals surface area contributed by atoms with Crippen LogP contribution in [-0.2, 0) is 19.4 Å². The van der Waals surface area contributed by atoms with Crippen LogP contribution in [0.3, 0.4) is 0 Å². The van der Waals surface area contributed by atoms with Crippen molar-refractivity contribution >= 4 is 22.6 Å². The Labute approximate surface area is 188 Å². The molecule has 0 saturated heterocycles. The summed E-state index contributed by atoms with van der Waals surface area (Å²) in [5.74, 6) is 0.937. The Kier molecular flexibility index (Phi) is 8.66. The number of nitrogens with one attached hydrogen (secondary N) is 1. The third kappa shape index (κ3) is 6.04. The summed E-state index contributed by atoms with van der Waals surface area (Å²) < 4.78 is 6.67. The van der Waals surface area contributed by atoms with E-state index < -0.39 is 0 Å². The summed E-state index contributed by atoms with van der Waals surface area (Å²) in [6.45, 7) is 6.14. The van der Waals surface area contributed by atoms with Gasteiger partial charge < -0.3 is 15.0 Å². The van der Waals surface area contributed by atoms with Crippen molar-refractivity contribution in [3.8, 4) is 16.9 Å². The third-order valence-electron chi connectivity index (χ3n) is 5.23. The Balaban J connectivity index is 1.87. The first-order chi connectivity index (χ1) is 14.7. The molecule has 0 aliphatic heterocycles. The van der Waals surface area contributed by atoms with Gasteiger partial charge in [0, 0.05) is 17.6 Å². The zero-order valence-corrected chi connectivity index (χ0v) is 19.1. The van der Waals surface area contributed by atoms with Crippen LogP contribution < -0.4 is 10.1 Å². The number of aliphatic imine (C=N–C) groups is 1. The first kappa shape index (κ1) is 22.3. The van der Waals surface area contributed by atoms with Gasteiger partial charge in [-0.05, 0) is 78.5 Å². The van der Waals surface area contributed by atoms with Crippen LogP contribution in [0.2, 0.25) is 0 Å². The first-order valence-corrected chi connectivity index (χ1v) is 11.1. The fraction of sp³-hybridized carbons (Fsp3) is 0.269. The minimum Gasteiger partial charge on any atom is -0.496 e. The molecule has 3 nitrogen and oxygen atoms in total. The van der Waals surface area contributed by atoms with E-state index in [-0.39, 0.29) is 0 Å². The number of hydrogen-bond donors (Lipinski definition) is 1. The smallest absolute Gasteiger partial charge is 0.122 e. The van der Waals surface area contributed by atoms with Gasteiger partial charge in [-0.1, -0.05) is 64.5 Å². The molecule has 0 aliphatic carbocycles. The average Bonchev–Trinajstić information content (AvgIpc) is 2.78. The molecule has 3 aromatic carbocycles. The number of hydrogen-bond acceptors (Lipinski definition) is 3. The van der Waals surface area contributed by atoms with Gasteiger partial charge >= 0.3 is 0 Å². The molecule has 4 heteroatoms. The van der Waals surface area contributed by atoms with E-state index in [1.54, 1.807) is 7.11 Å². The van der Waals surface area contributed by atoms with Gasteiger partial charge in [0.25, 0.3) is 0 Å². The standard InChI is InChI=1S/C26H29BrN2O/c1-28-16-7-17-29-19-22-10-6-11-24(20-8-4-3-5-9-20)25(22)14-12-21-18-23(27)13-15-26(21)30-2/h3-6,8-11,13,15,18,29H,1,7,12,14,16-17,19H2,2H3. The van der Waals surface area contributed by atoms with Gasteiger partial charge in [-0.25, -0.2) is 0 Å². The second kappa shape index (κ2) is 11.7. The number of benzene rings is 3. The average molecular weight is 465 g/mol. The Morgan fingerprint density at radius 3 is 2.57 bits per heavy atom. The molecule has 0 spiro atoms. The highest BCUT2D eigenvalue weighted by molar-refractivity contribution is 9.10. The van der Waals surface area contributed by atoms with Crippen molar-refractivity contribution in [1.29, 1.82) is 0 Å². The van der Waals surface area contributed by atoms with E-state index in [9.17, 15) is 0 Å². The van der Waals surface area contributed by atoms with Crippen LogP contribution in [0.4, 0.5) is 0 Å². The summed E-state index contributed by atoms with van der Waals surface area (Å²) in [7, 11) is 1.73. The zero-order chi connectivity index (χ0) is 21.2. The van der Waals surface area contributed by atoms with Crippen molar-refractivity contribution in [3.63, 3.8) is 0 Å². The van der Waals surface area contributed by atoms with Crippen molar-refractivity contribution in [2.45, 2.75) is 25.8 Å². The fourth-order valence-electron chi connectivity index (χ4n) is 3.72. The van der Waals surface area contributed by atoms with Gasteiger partial charge in [0.15, 0.2) is 0 Å². The summed E-state index contributed by atoms with van der Waals surface area (Å²) in [5, 5.41) is 3.57. The van der Waals surface area contributed by atoms with Gasteiger partial charge in [-0.15, -0.1) is 0 Å². The van der Waals surface area contributed by atoms with Gasteiger partial charge in [0.2, 0.25) is 0 Å². The van der Waals surface area contributed by atoms with Gasteiger partial charge in [-0.3, -0.25) is 0 Å². The molecule has 3 rings (SSSR count). The number of nitrogens with zero attached hydrogens (tertiary/aromatic N) is 1. The van der Waals surface area contributed by atoms with Crippen molar-refractivity contribution < 1.29 is 4.74 Å². The van der Waals surface area contributed by atoms with E-state index in [0.29, 0.717) is 0 Å². The highest BCUT2D eigenvalue weighted by Crippen LogP contribution is 2.30. The van der Waals surface area contributed by atoms with Crippen LogP contribution in [0, 0.1) is 0 Å². The number of aryl methyl sites for hydroxylation is 1. The molecule has 0 unspecified atom stereocenters. The Morgan fingerprint density at radius 2 is 1.80 bits per heavy atom. The summed E-state index contributed by atoms with van der Waals surface area (Å²) in [6, 6.07) is 23.5. The maximum Gasteiger partial charge on any atom is 0.122 e. The predicted molar refractivity (Wildman–Crippen MR) is 131 cm³/mol. The minimum atomic E-state index is 0.798. The molecule has 1 N–H and O–H groups in total. The molecule has 3 aromatic rings. The molecule has 30 heavy (non-hydrogen) atoms. The van der Waals surface area contributed by atoms with E-state index in [0.717, 1.165) is 49.1 Å². The van der Waals surface area contributed by atoms with Crippen molar-refractivity contribution in [1.82, 2.24) is 5.32 Å². The molecule has 0 aromatic heterocycles. The van der Waals surface area contributed by atoms with Crippen LogP contribution in [0.1, 0.15) is 23.1 Å². The largest absolute Gasteiger partial charge is 0.496 e. The summed E-state index contributed by atoms with van der Waals surface area (Å²) in [4.78, 5) is 3.93. The van der Waals surface area contributed by atoms with Crippen LogP contribution in [0.25, 0.3) is 11.1 Å². The van der Waals surface area contributed by atoms with Gasteiger partial charge in [0.1, 0.15) is 5.75 Å². The Bertz CT molecular complexity index is 957. The topological polar surface area (TPSA) is 33.6 Å². The maximum absolute atomic E-state index is 5.59. The third-order valence-corrected chi connectivity index (χ3v) is 5.72. The quantitative estimate of drug-likeness (QED) is 0.275. The monoisotopic (exact) mass is 464 g/mol. The lowest BCUT2D eigenvalue weighted by Crippen LogP contribution is -2.17. The van der Waals surface area contributed by atoms with Gasteiger partial charge in [-0.2, -0.15) is 0 Å². The molecule has 0 atom stereocenters. The van der Waals surface area contributed by atoms with Crippen LogP contribution in [-0.4, -0.2) is 26.9 Å². The Hall–Kier alpha value is -2.43. The lowest BCUT2D eigenvalue weighted by atomic mass is 9.91. The van der Waals surface area contributed by atoms with Crippen molar-refractivity contribution in [2.24, 2.45) is 4.99 Å². The molecule has 156 valence electrons. The first-order valence-electron chi connectivity index (χ1n) is 10.3. The van der Waals surface area contributed by atoms with E-state index in [1.165, 1.54) is 27.8 Å². The molecule has 0 saturated carbocycles. The van der Waals surface area contributed by atoms with Crippen molar-refractivity contribution in [2.75, 3.05) is 20.2 Å². The van der Waals surface area contributed by atoms with E-state index in [4.69, 9.17) is 4.74 Å². The molecule has 0 bridgehead atoms. The number of halogens is 1. The fourth-order valence-corrected chi connectivity index (χ4v) is 4.13. The maximum atomic E-state index is 5.59. The predicted octanol–water partition coefficient (Wildman–Crippen LogP) is 6.09. The van der Waals surface area contributed by atoms with E-state index in [1.807, 2.05) is 12.1 Å². The molecule has 0 amide bonds. The SMILES string of the molecule is C=NCCCNCc1cccc(-c2ccccc2)c1CCc1cc(Br)ccc1OC. The molecular weight excluding hydrogens is 436 g/mol. The van der Waals surface area contributed by atoms with Crippen LogP contribution in [0.5, 0.6) is 5.75 Å². The Morgan fingerprint density at radius 1 is 0.967 bits per heavy atom. The number of methoxy groups -OCH3 is 1.